The van der Waals surface area contributed by atoms with Gasteiger partial charge in [-0.3, -0.25) is 5.10 Å². The minimum absolute atomic E-state index is 0.276. The lowest BCUT2D eigenvalue weighted by Gasteiger charge is -2.05. The van der Waals surface area contributed by atoms with E-state index in [4.69, 9.17) is 25.2 Å². The smallest absolute Gasteiger partial charge is 0.251 e. The fourth-order valence-electron chi connectivity index (χ4n) is 2.66. The van der Waals surface area contributed by atoms with E-state index in [-0.39, 0.29) is 6.61 Å². The number of aryl methyl sites for hydroxylation is 3. The van der Waals surface area contributed by atoms with Crippen molar-refractivity contribution in [2.45, 2.75) is 38.3 Å². The van der Waals surface area contributed by atoms with Crippen LogP contribution in [0.15, 0.2) is 38.3 Å². The van der Waals surface area contributed by atoms with E-state index in [0.717, 1.165) is 28.4 Å². The molecule has 0 saturated heterocycles. The van der Waals surface area contributed by atoms with Crippen molar-refractivity contribution in [1.29, 1.82) is 0 Å². The van der Waals surface area contributed by atoms with Crippen LogP contribution in [0.25, 0.3) is 11.5 Å². The molecule has 1 aromatic carbocycles. The molecule has 0 aliphatic carbocycles. The maximum atomic E-state index is 6.02. The summed E-state index contributed by atoms with van der Waals surface area (Å²) in [4.78, 5) is 4.40. The number of rotatable bonds is 7. The van der Waals surface area contributed by atoms with Crippen molar-refractivity contribution in [3.8, 4) is 17.2 Å². The minimum Gasteiger partial charge on any atom is -0.486 e. The highest BCUT2D eigenvalue weighted by Gasteiger charge is 2.15. The van der Waals surface area contributed by atoms with E-state index in [1.165, 1.54) is 11.8 Å². The number of aromatic amines is 1. The molecule has 3 aromatic heterocycles. The van der Waals surface area contributed by atoms with E-state index in [1.807, 2.05) is 39.0 Å². The molecule has 8 nitrogen and oxygen atoms in total. The summed E-state index contributed by atoms with van der Waals surface area (Å²) < 4.78 is 16.9. The topological polar surface area (TPSA) is 103 Å². The number of thioether (sulfide) groups is 1. The van der Waals surface area contributed by atoms with Crippen molar-refractivity contribution >= 4 is 23.4 Å². The molecule has 1 N–H and O–H groups in total. The molecule has 0 amide bonds. The number of nitrogens with zero attached hydrogens (tertiary/aromatic N) is 4. The predicted octanol–water partition coefficient (Wildman–Crippen LogP) is 4.90. The Morgan fingerprint density at radius 1 is 1.14 bits per heavy atom. The lowest BCUT2D eigenvalue weighted by atomic mass is 10.2. The minimum atomic E-state index is 0.276. The third kappa shape index (κ3) is 4.63. The third-order valence-corrected chi connectivity index (χ3v) is 5.34. The van der Waals surface area contributed by atoms with Crippen molar-refractivity contribution in [3.05, 3.63) is 58.1 Å². The van der Waals surface area contributed by atoms with Crippen molar-refractivity contribution in [2.24, 2.45) is 0 Å². The normalized spacial score (nSPS) is 11.2. The van der Waals surface area contributed by atoms with Gasteiger partial charge < -0.3 is 13.6 Å². The second-order valence-corrected chi connectivity index (χ2v) is 7.73. The maximum absolute atomic E-state index is 6.02. The molecule has 150 valence electrons. The summed E-state index contributed by atoms with van der Waals surface area (Å²) in [7, 11) is 0. The third-order valence-electron chi connectivity index (χ3n) is 4.08. The second-order valence-electron chi connectivity index (χ2n) is 6.38. The van der Waals surface area contributed by atoms with E-state index in [2.05, 4.69) is 25.4 Å². The van der Waals surface area contributed by atoms with Crippen LogP contribution in [0.1, 0.15) is 28.8 Å². The van der Waals surface area contributed by atoms with Crippen LogP contribution in [0.2, 0.25) is 5.02 Å². The van der Waals surface area contributed by atoms with Gasteiger partial charge in [-0.1, -0.05) is 23.4 Å². The average molecular weight is 432 g/mol. The Bertz CT molecular complexity index is 1140. The first kappa shape index (κ1) is 19.5. The van der Waals surface area contributed by atoms with Gasteiger partial charge in [0.1, 0.15) is 23.9 Å². The van der Waals surface area contributed by atoms with Crippen molar-refractivity contribution in [3.63, 3.8) is 0 Å². The number of hydrogen-bond donors (Lipinski definition) is 1. The van der Waals surface area contributed by atoms with Crippen LogP contribution < -0.4 is 4.74 Å². The van der Waals surface area contributed by atoms with Gasteiger partial charge in [-0.15, -0.1) is 15.3 Å². The number of halogens is 1. The molecule has 0 aliphatic rings. The number of aromatic nitrogens is 5. The zero-order chi connectivity index (χ0) is 20.4. The molecule has 29 heavy (non-hydrogen) atoms. The van der Waals surface area contributed by atoms with Crippen LogP contribution in [-0.2, 0) is 12.4 Å². The second kappa shape index (κ2) is 8.30. The standard InChI is InChI=1S/C19H18ClN5O3S/c1-10-6-13(4-5-15(10)20)26-8-16-21-19(25-22-16)29-9-17-23-24-18(28-17)14-7-11(2)27-12(14)3/h4-7H,8-9H2,1-3H3,(H,21,22,25). The van der Waals surface area contributed by atoms with Crippen molar-refractivity contribution < 1.29 is 13.6 Å². The van der Waals surface area contributed by atoms with Crippen molar-refractivity contribution in [1.82, 2.24) is 25.4 Å². The highest BCUT2D eigenvalue weighted by atomic mass is 35.5. The first-order chi connectivity index (χ1) is 14.0. The number of nitrogens with one attached hydrogen (secondary N) is 1. The Labute approximate surface area is 176 Å². The number of ether oxygens (including phenoxy) is 1. The van der Waals surface area contributed by atoms with Gasteiger partial charge in [-0.2, -0.15) is 0 Å². The Kier molecular flexibility index (Phi) is 5.59. The van der Waals surface area contributed by atoms with E-state index < -0.39 is 0 Å². The summed E-state index contributed by atoms with van der Waals surface area (Å²) in [6.45, 7) is 5.95. The van der Waals surface area contributed by atoms with Gasteiger partial charge in [-0.25, -0.2) is 4.98 Å². The van der Waals surface area contributed by atoms with Crippen LogP contribution in [0.5, 0.6) is 5.75 Å². The summed E-state index contributed by atoms with van der Waals surface area (Å²) in [5, 5.41) is 16.5. The largest absolute Gasteiger partial charge is 0.486 e. The summed E-state index contributed by atoms with van der Waals surface area (Å²) in [5.41, 5.74) is 1.76. The van der Waals surface area contributed by atoms with Crippen LogP contribution in [0.3, 0.4) is 0 Å². The van der Waals surface area contributed by atoms with Gasteiger partial charge in [0.2, 0.25) is 11.0 Å². The summed E-state index contributed by atoms with van der Waals surface area (Å²) in [6, 6.07) is 7.38. The molecule has 0 spiro atoms. The lowest BCUT2D eigenvalue weighted by molar-refractivity contribution is 0.296. The van der Waals surface area contributed by atoms with Crippen LogP contribution >= 0.6 is 23.4 Å². The van der Waals surface area contributed by atoms with Crippen molar-refractivity contribution in [2.75, 3.05) is 0 Å². The zero-order valence-electron chi connectivity index (χ0n) is 16.0. The molecule has 3 heterocycles. The Hall–Kier alpha value is -2.78. The quantitative estimate of drug-likeness (QED) is 0.412. The Morgan fingerprint density at radius 2 is 2.00 bits per heavy atom. The zero-order valence-corrected chi connectivity index (χ0v) is 17.6. The summed E-state index contributed by atoms with van der Waals surface area (Å²) >= 11 is 7.41. The molecule has 10 heteroatoms. The van der Waals surface area contributed by atoms with E-state index in [9.17, 15) is 0 Å². The number of hydrogen-bond acceptors (Lipinski definition) is 8. The fraction of sp³-hybridized carbons (Fsp3) is 0.263. The van der Waals surface area contributed by atoms with Gasteiger partial charge in [-0.05, 0) is 50.6 Å². The molecule has 0 atom stereocenters. The average Bonchev–Trinajstić information content (AvgIpc) is 3.41. The lowest BCUT2D eigenvalue weighted by Crippen LogP contribution is -1.98. The van der Waals surface area contributed by atoms with Gasteiger partial charge in [0.15, 0.2) is 5.82 Å². The monoisotopic (exact) mass is 431 g/mol. The molecule has 4 aromatic rings. The van der Waals surface area contributed by atoms with Gasteiger partial charge >= 0.3 is 0 Å². The van der Waals surface area contributed by atoms with E-state index in [0.29, 0.717) is 33.5 Å². The first-order valence-corrected chi connectivity index (χ1v) is 10.2. The van der Waals surface area contributed by atoms with Crippen LogP contribution in [-0.4, -0.2) is 25.4 Å². The molecule has 0 bridgehead atoms. The maximum Gasteiger partial charge on any atom is 0.251 e. The number of benzene rings is 1. The molecule has 0 unspecified atom stereocenters. The van der Waals surface area contributed by atoms with Crippen LogP contribution in [0.4, 0.5) is 0 Å². The van der Waals surface area contributed by atoms with E-state index >= 15 is 0 Å². The summed E-state index contributed by atoms with van der Waals surface area (Å²) in [6.07, 6.45) is 0. The Morgan fingerprint density at radius 3 is 2.76 bits per heavy atom. The van der Waals surface area contributed by atoms with Crippen LogP contribution in [0, 0.1) is 20.8 Å². The highest BCUT2D eigenvalue weighted by molar-refractivity contribution is 7.98. The molecule has 0 saturated carbocycles. The van der Waals surface area contributed by atoms with Gasteiger partial charge in [0.05, 0.1) is 11.3 Å². The van der Waals surface area contributed by atoms with Gasteiger partial charge in [0.25, 0.3) is 5.89 Å². The molecular weight excluding hydrogens is 414 g/mol. The predicted molar refractivity (Wildman–Crippen MR) is 108 cm³/mol. The molecule has 4 rings (SSSR count). The number of furan rings is 1. The molecule has 0 fully saturated rings. The van der Waals surface area contributed by atoms with Gasteiger partial charge in [0, 0.05) is 5.02 Å². The first-order valence-electron chi connectivity index (χ1n) is 8.81. The summed E-state index contributed by atoms with van der Waals surface area (Å²) in [5.74, 6) is 4.28. The molecule has 0 aliphatic heterocycles. The highest BCUT2D eigenvalue weighted by Crippen LogP contribution is 2.27. The molecular formula is C19H18ClN5O3S. The fourth-order valence-corrected chi connectivity index (χ4v) is 3.43. The SMILES string of the molecule is Cc1cc(-c2nnc(CSc3n[nH]c(COc4ccc(Cl)c(C)c4)n3)o2)c(C)o1. The number of H-pyrrole nitrogens is 1. The van der Waals surface area contributed by atoms with E-state index in [1.54, 1.807) is 6.07 Å². The molecule has 0 radical (unpaired) electrons. The Balaban J connectivity index is 1.32.